The lowest BCUT2D eigenvalue weighted by Gasteiger charge is -2.31. The summed E-state index contributed by atoms with van der Waals surface area (Å²) in [7, 11) is 1.58. The highest BCUT2D eigenvalue weighted by molar-refractivity contribution is 8.15. The molecule has 1 aromatic rings. The number of halogens is 1. The van der Waals surface area contributed by atoms with Gasteiger partial charge in [-0.2, -0.15) is 0 Å². The van der Waals surface area contributed by atoms with Gasteiger partial charge >= 0.3 is 0 Å². The SMILES string of the molecule is CCCCCCCN1C(=O)CC(C(=O)NC)SC1=Nc1cccc(Cl)c1. The van der Waals surface area contributed by atoms with Crippen LogP contribution in [0.2, 0.25) is 5.02 Å². The lowest BCUT2D eigenvalue weighted by atomic mass is 10.1. The first-order chi connectivity index (χ1) is 12.5. The molecule has 1 unspecified atom stereocenters. The molecule has 0 spiro atoms. The molecule has 0 aliphatic carbocycles. The number of nitrogens with one attached hydrogen (secondary N) is 1. The maximum atomic E-state index is 12.6. The summed E-state index contributed by atoms with van der Waals surface area (Å²) in [6, 6.07) is 7.20. The molecule has 26 heavy (non-hydrogen) atoms. The van der Waals surface area contributed by atoms with Crippen LogP contribution in [-0.2, 0) is 9.59 Å². The van der Waals surface area contributed by atoms with Gasteiger partial charge in [0.25, 0.3) is 0 Å². The zero-order valence-corrected chi connectivity index (χ0v) is 16.9. The van der Waals surface area contributed by atoms with Crippen LogP contribution in [0.15, 0.2) is 29.3 Å². The summed E-state index contributed by atoms with van der Waals surface area (Å²) in [5.41, 5.74) is 0.682. The van der Waals surface area contributed by atoms with Gasteiger partial charge in [0.1, 0.15) is 0 Å². The fraction of sp³-hybridized carbons (Fsp3) is 0.526. The van der Waals surface area contributed by atoms with Gasteiger partial charge in [-0.3, -0.25) is 14.5 Å². The number of aliphatic imine (C=N–C) groups is 1. The summed E-state index contributed by atoms with van der Waals surface area (Å²) < 4.78 is 0. The van der Waals surface area contributed by atoms with Crippen LogP contribution >= 0.6 is 23.4 Å². The van der Waals surface area contributed by atoms with Gasteiger partial charge in [0, 0.05) is 25.0 Å². The van der Waals surface area contributed by atoms with Crippen molar-refractivity contribution in [1.82, 2.24) is 10.2 Å². The maximum Gasteiger partial charge on any atom is 0.233 e. The van der Waals surface area contributed by atoms with E-state index in [0.717, 1.165) is 12.8 Å². The second-order valence-corrected chi connectivity index (χ2v) is 7.87. The Bertz CT molecular complexity index is 666. The van der Waals surface area contributed by atoms with Crippen molar-refractivity contribution in [3.05, 3.63) is 29.3 Å². The Hall–Kier alpha value is -1.53. The summed E-state index contributed by atoms with van der Waals surface area (Å²) in [6.07, 6.45) is 5.80. The molecule has 2 amide bonds. The molecule has 1 heterocycles. The van der Waals surface area contributed by atoms with Gasteiger partial charge in [0.2, 0.25) is 11.8 Å². The molecule has 1 saturated heterocycles. The van der Waals surface area contributed by atoms with Gasteiger partial charge in [0.15, 0.2) is 5.17 Å². The number of hydrogen-bond acceptors (Lipinski definition) is 4. The van der Waals surface area contributed by atoms with Crippen molar-refractivity contribution in [3.63, 3.8) is 0 Å². The molecule has 2 rings (SSSR count). The molecular weight excluding hydrogens is 370 g/mol. The molecular formula is C19H26ClN3O2S. The molecule has 1 fully saturated rings. The number of nitrogens with zero attached hydrogens (tertiary/aromatic N) is 2. The zero-order chi connectivity index (χ0) is 18.9. The predicted octanol–water partition coefficient (Wildman–Crippen LogP) is 4.38. The Kier molecular flexibility index (Phi) is 8.45. The van der Waals surface area contributed by atoms with E-state index in [2.05, 4.69) is 17.2 Å². The van der Waals surface area contributed by atoms with Crippen molar-refractivity contribution in [2.75, 3.05) is 13.6 Å². The monoisotopic (exact) mass is 395 g/mol. The molecule has 1 aliphatic heterocycles. The van der Waals surface area contributed by atoms with Crippen LogP contribution in [0.1, 0.15) is 45.4 Å². The number of benzene rings is 1. The van der Waals surface area contributed by atoms with E-state index in [-0.39, 0.29) is 18.2 Å². The molecule has 1 N–H and O–H groups in total. The number of carbonyl (C=O) groups is 2. The highest BCUT2D eigenvalue weighted by atomic mass is 35.5. The topological polar surface area (TPSA) is 61.8 Å². The normalized spacial score (nSPS) is 19.0. The fourth-order valence-corrected chi connectivity index (χ4v) is 4.12. The second-order valence-electron chi connectivity index (χ2n) is 6.26. The molecule has 142 valence electrons. The van der Waals surface area contributed by atoms with E-state index in [1.807, 2.05) is 12.1 Å². The Morgan fingerprint density at radius 1 is 1.35 bits per heavy atom. The summed E-state index contributed by atoms with van der Waals surface area (Å²) in [5.74, 6) is -0.196. The quantitative estimate of drug-likeness (QED) is 0.664. The average Bonchev–Trinajstić information content (AvgIpc) is 2.62. The van der Waals surface area contributed by atoms with Gasteiger partial charge in [-0.1, -0.05) is 62.0 Å². The Morgan fingerprint density at radius 2 is 2.12 bits per heavy atom. The first-order valence-electron chi connectivity index (χ1n) is 9.08. The van der Waals surface area contributed by atoms with Gasteiger partial charge in [0.05, 0.1) is 10.9 Å². The molecule has 1 atom stereocenters. The van der Waals surface area contributed by atoms with Crippen molar-refractivity contribution in [1.29, 1.82) is 0 Å². The number of thioether (sulfide) groups is 1. The van der Waals surface area contributed by atoms with Crippen molar-refractivity contribution >= 4 is 46.0 Å². The van der Waals surface area contributed by atoms with Crippen LogP contribution in [0.4, 0.5) is 5.69 Å². The number of hydrogen-bond donors (Lipinski definition) is 1. The lowest BCUT2D eigenvalue weighted by Crippen LogP contribution is -2.46. The third-order valence-electron chi connectivity index (χ3n) is 4.20. The minimum absolute atomic E-state index is 0.0476. The minimum Gasteiger partial charge on any atom is -0.358 e. The average molecular weight is 396 g/mol. The van der Waals surface area contributed by atoms with Crippen LogP contribution in [0.3, 0.4) is 0 Å². The summed E-state index contributed by atoms with van der Waals surface area (Å²) in [4.78, 5) is 31.0. The highest BCUT2D eigenvalue weighted by Crippen LogP contribution is 2.30. The largest absolute Gasteiger partial charge is 0.358 e. The van der Waals surface area contributed by atoms with E-state index in [1.54, 1.807) is 24.1 Å². The Morgan fingerprint density at radius 3 is 2.81 bits per heavy atom. The van der Waals surface area contributed by atoms with E-state index in [4.69, 9.17) is 11.6 Å². The van der Waals surface area contributed by atoms with E-state index in [0.29, 0.717) is 22.4 Å². The number of amides is 2. The third kappa shape index (κ3) is 6.02. The highest BCUT2D eigenvalue weighted by Gasteiger charge is 2.35. The Balaban J connectivity index is 2.16. The molecule has 1 aromatic carbocycles. The van der Waals surface area contributed by atoms with E-state index >= 15 is 0 Å². The summed E-state index contributed by atoms with van der Waals surface area (Å²) in [5, 5.41) is 3.35. The molecule has 0 bridgehead atoms. The van der Waals surface area contributed by atoms with Gasteiger partial charge < -0.3 is 5.32 Å². The zero-order valence-electron chi connectivity index (χ0n) is 15.3. The molecule has 7 heteroatoms. The first-order valence-corrected chi connectivity index (χ1v) is 10.3. The van der Waals surface area contributed by atoms with Crippen LogP contribution in [0.25, 0.3) is 0 Å². The van der Waals surface area contributed by atoms with Gasteiger partial charge in [-0.15, -0.1) is 0 Å². The standard InChI is InChI=1S/C19H26ClN3O2S/c1-3-4-5-6-7-11-23-17(24)13-16(18(25)21-2)26-19(23)22-15-10-8-9-14(20)12-15/h8-10,12,16H,3-7,11,13H2,1-2H3,(H,21,25). The predicted molar refractivity (Wildman–Crippen MR) is 109 cm³/mol. The van der Waals surface area contributed by atoms with Crippen LogP contribution in [-0.4, -0.2) is 40.7 Å². The van der Waals surface area contributed by atoms with E-state index < -0.39 is 5.25 Å². The fourth-order valence-electron chi connectivity index (χ4n) is 2.75. The summed E-state index contributed by atoms with van der Waals surface area (Å²) >= 11 is 7.39. The molecule has 0 saturated carbocycles. The van der Waals surface area contributed by atoms with E-state index in [9.17, 15) is 9.59 Å². The van der Waals surface area contributed by atoms with Crippen molar-refractivity contribution in [2.45, 2.75) is 50.7 Å². The molecule has 0 aromatic heterocycles. The van der Waals surface area contributed by atoms with Crippen molar-refractivity contribution in [3.8, 4) is 0 Å². The number of amidine groups is 1. The molecule has 1 aliphatic rings. The van der Waals surface area contributed by atoms with Crippen molar-refractivity contribution in [2.24, 2.45) is 4.99 Å². The molecule has 0 radical (unpaired) electrons. The molecule has 5 nitrogen and oxygen atoms in total. The maximum absolute atomic E-state index is 12.6. The first kappa shape index (κ1) is 20.8. The van der Waals surface area contributed by atoms with Gasteiger partial charge in [-0.05, 0) is 24.6 Å². The summed E-state index contributed by atoms with van der Waals surface area (Å²) in [6.45, 7) is 2.81. The second kappa shape index (κ2) is 10.6. The Labute approximate surface area is 164 Å². The number of rotatable bonds is 8. The van der Waals surface area contributed by atoms with Crippen LogP contribution < -0.4 is 5.32 Å². The number of carbonyl (C=O) groups excluding carboxylic acids is 2. The van der Waals surface area contributed by atoms with Crippen LogP contribution in [0.5, 0.6) is 0 Å². The smallest absolute Gasteiger partial charge is 0.233 e. The lowest BCUT2D eigenvalue weighted by molar-refractivity contribution is -0.130. The van der Waals surface area contributed by atoms with Crippen LogP contribution in [0, 0.1) is 0 Å². The van der Waals surface area contributed by atoms with Gasteiger partial charge in [-0.25, -0.2) is 4.99 Å². The van der Waals surface area contributed by atoms with E-state index in [1.165, 1.54) is 31.0 Å². The number of unbranched alkanes of at least 4 members (excludes halogenated alkanes) is 4. The van der Waals surface area contributed by atoms with Crippen molar-refractivity contribution < 1.29 is 9.59 Å². The third-order valence-corrected chi connectivity index (χ3v) is 5.62. The minimum atomic E-state index is -0.443.